The summed E-state index contributed by atoms with van der Waals surface area (Å²) in [4.78, 5) is 32.9. The van der Waals surface area contributed by atoms with E-state index in [0.29, 0.717) is 31.0 Å². The van der Waals surface area contributed by atoms with Gasteiger partial charge < -0.3 is 15.0 Å². The van der Waals surface area contributed by atoms with Gasteiger partial charge >= 0.3 is 0 Å². The van der Waals surface area contributed by atoms with Crippen LogP contribution in [0.4, 0.5) is 4.79 Å². The number of nitrogens with one attached hydrogen (secondary N) is 2. The van der Waals surface area contributed by atoms with Crippen molar-refractivity contribution in [1.82, 2.24) is 19.9 Å². The molecule has 0 aliphatic carbocycles. The number of hydrogen-bond donors (Lipinski definition) is 2. The van der Waals surface area contributed by atoms with Crippen molar-refractivity contribution in [3.8, 4) is 22.8 Å². The van der Waals surface area contributed by atoms with Gasteiger partial charge in [0.05, 0.1) is 18.0 Å². The lowest BCUT2D eigenvalue weighted by molar-refractivity contribution is 0.262. The highest BCUT2D eigenvalue weighted by molar-refractivity contribution is 14.1. The molecule has 0 radical (unpaired) electrons. The van der Waals surface area contributed by atoms with Gasteiger partial charge in [-0.25, -0.2) is 4.98 Å². The number of fused-ring (bicyclic) bond motifs is 1. The first-order valence-electron chi connectivity index (χ1n) is 13.9. The molecule has 5 rings (SSSR count). The lowest BCUT2D eigenvalue weighted by Gasteiger charge is -2.13. The van der Waals surface area contributed by atoms with Gasteiger partial charge in [-0.2, -0.15) is 0 Å². The van der Waals surface area contributed by atoms with Gasteiger partial charge in [0.15, 0.2) is 5.82 Å². The third-order valence-electron chi connectivity index (χ3n) is 6.93. The first-order valence-corrected chi connectivity index (χ1v) is 15.0. The maximum Gasteiger partial charge on any atom is 0.280 e. The average Bonchev–Trinajstić information content (AvgIpc) is 3.30. The topological polar surface area (TPSA) is 89.0 Å². The summed E-state index contributed by atoms with van der Waals surface area (Å²) in [6.45, 7) is 1.35. The molecule has 0 fully saturated rings. The van der Waals surface area contributed by atoms with Gasteiger partial charge in [-0.15, -0.1) is 0 Å². The van der Waals surface area contributed by atoms with E-state index in [1.807, 2.05) is 79.0 Å². The normalized spacial score (nSPS) is 11.0. The number of halogens is 1. The van der Waals surface area contributed by atoms with Gasteiger partial charge in [0.2, 0.25) is 0 Å². The molecule has 210 valence electrons. The Bertz CT molecular complexity index is 1600. The highest BCUT2D eigenvalue weighted by Gasteiger charge is 2.20. The summed E-state index contributed by atoms with van der Waals surface area (Å²) in [5.41, 5.74) is 5.30. The number of carbonyl (C=O) groups is 1. The Morgan fingerprint density at radius 2 is 1.61 bits per heavy atom. The number of benzene rings is 3. The zero-order chi connectivity index (χ0) is 28.4. The van der Waals surface area contributed by atoms with Crippen LogP contribution in [-0.4, -0.2) is 31.6 Å². The lowest BCUT2D eigenvalue weighted by Crippen LogP contribution is -2.17. The van der Waals surface area contributed by atoms with Crippen LogP contribution < -0.4 is 15.6 Å². The summed E-state index contributed by atoms with van der Waals surface area (Å²) in [6.07, 6.45) is 6.93. The predicted octanol–water partition coefficient (Wildman–Crippen LogP) is 6.93. The van der Waals surface area contributed by atoms with Crippen molar-refractivity contribution in [2.75, 3.05) is 13.2 Å². The molecule has 8 heteroatoms. The van der Waals surface area contributed by atoms with Crippen LogP contribution in [0.15, 0.2) is 95.9 Å². The fourth-order valence-electron chi connectivity index (χ4n) is 4.88. The number of unbranched alkanes of at least 4 members (excludes halogenated alkanes) is 3. The van der Waals surface area contributed by atoms with Crippen molar-refractivity contribution in [2.24, 2.45) is 0 Å². The quantitative estimate of drug-likeness (QED) is 0.0621. The van der Waals surface area contributed by atoms with E-state index in [2.05, 4.69) is 22.4 Å². The van der Waals surface area contributed by atoms with E-state index in [9.17, 15) is 9.59 Å². The Balaban J connectivity index is 1.31. The summed E-state index contributed by atoms with van der Waals surface area (Å²) in [7, 11) is 0. The molecule has 3 aromatic rings. The number of imidazole rings is 1. The molecule has 1 amide bonds. The Kier molecular flexibility index (Phi) is 9.85. The van der Waals surface area contributed by atoms with E-state index in [-0.39, 0.29) is 9.47 Å². The monoisotopic (exact) mass is 660 g/mol. The van der Waals surface area contributed by atoms with E-state index in [0.717, 1.165) is 66.1 Å². The number of ether oxygens (including phenoxy) is 1. The third-order valence-corrected chi connectivity index (χ3v) is 7.31. The zero-order valence-electron chi connectivity index (χ0n) is 22.8. The number of aromatic nitrogens is 3. The maximum absolute atomic E-state index is 13.6. The van der Waals surface area contributed by atoms with Crippen LogP contribution in [0.3, 0.4) is 0 Å². The summed E-state index contributed by atoms with van der Waals surface area (Å²) < 4.78 is 7.66. The standard InChI is InChI=1S/C33H33IN4O3/c34-33(40)35-18-9-1-2-10-19-41-27-17-11-14-25(20-27)22-29-32(39)38-23-30(26-15-7-4-8-16-26)36-28(31(38)37-29)21-24-12-5-3-6-13-24/h3-8,11-17,20,23,36H,1-2,9-10,18-19,21-22H2,(H,35,40). The fourth-order valence-corrected chi connectivity index (χ4v) is 5.15. The highest BCUT2D eigenvalue weighted by Crippen LogP contribution is 2.24. The predicted molar refractivity (Wildman–Crippen MR) is 171 cm³/mol. The molecule has 2 N–H and O–H groups in total. The van der Waals surface area contributed by atoms with E-state index in [4.69, 9.17) is 9.72 Å². The van der Waals surface area contributed by atoms with Gasteiger partial charge in [0.25, 0.3) is 9.47 Å². The molecule has 0 unspecified atom stereocenters. The number of nitrogens with zero attached hydrogens (tertiary/aromatic N) is 2. The molecular formula is C33H33IN4O3. The number of amides is 1. The largest absolute Gasteiger partial charge is 0.494 e. The second-order valence-corrected chi connectivity index (χ2v) is 11.0. The molecular weight excluding hydrogens is 627 g/mol. The molecule has 41 heavy (non-hydrogen) atoms. The van der Waals surface area contributed by atoms with Crippen molar-refractivity contribution >= 4 is 26.5 Å². The van der Waals surface area contributed by atoms with Crippen LogP contribution in [0.2, 0.25) is 0 Å². The van der Waals surface area contributed by atoms with Crippen LogP contribution in [0.25, 0.3) is 17.1 Å². The minimum absolute atomic E-state index is 0.0125. The number of H-pyrrole nitrogens is 1. The highest BCUT2D eigenvalue weighted by atomic mass is 127. The fraction of sp³-hybridized carbons (Fsp3) is 0.242. The molecule has 0 aromatic heterocycles. The average molecular weight is 661 g/mol. The Labute approximate surface area is 253 Å². The van der Waals surface area contributed by atoms with Gasteiger partial charge in [-0.05, 0) is 41.7 Å². The van der Waals surface area contributed by atoms with Crippen molar-refractivity contribution in [3.63, 3.8) is 0 Å². The SMILES string of the molecule is O=C(I)NCCCCCCOc1cccc(Cc2nc3c(Cc4ccccc4)[nH]c(-c4ccccc4)cn-3c2=O)c1. The zero-order valence-corrected chi connectivity index (χ0v) is 25.0. The number of carbonyl (C=O) groups excluding carboxylic acids is 1. The number of aromatic amines is 1. The third kappa shape index (κ3) is 7.85. The van der Waals surface area contributed by atoms with Crippen LogP contribution in [0, 0.1) is 0 Å². The van der Waals surface area contributed by atoms with Gasteiger partial charge in [0.1, 0.15) is 11.4 Å². The second kappa shape index (κ2) is 14.1. The number of rotatable bonds is 13. The minimum Gasteiger partial charge on any atom is -0.494 e. The minimum atomic E-state index is -0.106. The smallest absolute Gasteiger partial charge is 0.280 e. The van der Waals surface area contributed by atoms with Crippen molar-refractivity contribution in [3.05, 3.63) is 124 Å². The van der Waals surface area contributed by atoms with Crippen LogP contribution >= 0.6 is 22.6 Å². The molecule has 0 atom stereocenters. The van der Waals surface area contributed by atoms with Crippen LogP contribution in [0.5, 0.6) is 5.75 Å². The molecule has 0 bridgehead atoms. The van der Waals surface area contributed by atoms with Gasteiger partial charge in [-0.1, -0.05) is 85.6 Å². The second-order valence-electron chi connectivity index (χ2n) is 10.0. The van der Waals surface area contributed by atoms with Gasteiger partial charge in [0, 0.05) is 48.2 Å². The molecule has 0 saturated heterocycles. The van der Waals surface area contributed by atoms with Gasteiger partial charge in [-0.3, -0.25) is 14.2 Å². The summed E-state index contributed by atoms with van der Waals surface area (Å²) in [5, 5.41) is 2.81. The Morgan fingerprint density at radius 3 is 2.39 bits per heavy atom. The van der Waals surface area contributed by atoms with E-state index < -0.39 is 0 Å². The van der Waals surface area contributed by atoms with Crippen molar-refractivity contribution < 1.29 is 9.53 Å². The Hall–Kier alpha value is -3.92. The Morgan fingerprint density at radius 1 is 0.878 bits per heavy atom. The maximum atomic E-state index is 13.6. The van der Waals surface area contributed by atoms with Crippen molar-refractivity contribution in [2.45, 2.75) is 38.5 Å². The molecule has 7 nitrogen and oxygen atoms in total. The summed E-state index contributed by atoms with van der Waals surface area (Å²) in [6, 6.07) is 28.1. The number of hydrogen-bond acceptors (Lipinski definition) is 4. The first kappa shape index (κ1) is 28.6. The van der Waals surface area contributed by atoms with E-state index in [1.165, 1.54) is 0 Å². The van der Waals surface area contributed by atoms with Crippen LogP contribution in [-0.2, 0) is 12.8 Å². The van der Waals surface area contributed by atoms with E-state index in [1.54, 1.807) is 27.2 Å². The molecule has 3 aromatic carbocycles. The van der Waals surface area contributed by atoms with Crippen LogP contribution in [0.1, 0.15) is 48.2 Å². The molecule has 0 spiro atoms. The lowest BCUT2D eigenvalue weighted by atomic mass is 10.1. The molecule has 2 aliphatic rings. The molecule has 2 heterocycles. The van der Waals surface area contributed by atoms with Crippen molar-refractivity contribution in [1.29, 1.82) is 0 Å². The summed E-state index contributed by atoms with van der Waals surface area (Å²) >= 11 is 1.75. The molecule has 2 aliphatic heterocycles. The van der Waals surface area contributed by atoms with E-state index >= 15 is 0 Å². The molecule has 0 saturated carbocycles. The summed E-state index contributed by atoms with van der Waals surface area (Å²) in [5.74, 6) is 1.44. The first-order chi connectivity index (χ1) is 20.1.